The fourth-order valence-electron chi connectivity index (χ4n) is 1.57. The predicted octanol–water partition coefficient (Wildman–Crippen LogP) is 3.45. The van der Waals surface area contributed by atoms with Gasteiger partial charge >= 0.3 is 0 Å². The third-order valence-electron chi connectivity index (χ3n) is 2.60. The molecule has 2 rings (SSSR count). The second-order valence-corrected chi connectivity index (χ2v) is 5.26. The normalized spacial score (nSPS) is 11.2. The van der Waals surface area contributed by atoms with E-state index in [1.165, 1.54) is 0 Å². The van der Waals surface area contributed by atoms with Gasteiger partial charge in [-0.1, -0.05) is 36.4 Å². The van der Waals surface area contributed by atoms with Crippen molar-refractivity contribution in [2.24, 2.45) is 5.10 Å². The number of amides is 1. The molecule has 0 atom stereocenters. The molecule has 0 fully saturated rings. The predicted molar refractivity (Wildman–Crippen MR) is 85.3 cm³/mol. The van der Waals surface area contributed by atoms with Crippen LogP contribution in [-0.2, 0) is 0 Å². The average molecular weight is 364 g/mol. The summed E-state index contributed by atoms with van der Waals surface area (Å²) >= 11 is 2.17. The van der Waals surface area contributed by atoms with Crippen LogP contribution in [0.15, 0.2) is 59.7 Å². The molecule has 96 valence electrons. The van der Waals surface area contributed by atoms with Crippen molar-refractivity contribution >= 4 is 34.2 Å². The van der Waals surface area contributed by atoms with E-state index in [1.54, 1.807) is 6.07 Å². The van der Waals surface area contributed by atoms with Crippen LogP contribution in [0.2, 0.25) is 0 Å². The number of carbonyl (C=O) groups is 1. The molecule has 0 radical (unpaired) electrons. The van der Waals surface area contributed by atoms with E-state index in [-0.39, 0.29) is 5.91 Å². The van der Waals surface area contributed by atoms with Gasteiger partial charge in [-0.05, 0) is 53.3 Å². The van der Waals surface area contributed by atoms with E-state index >= 15 is 0 Å². The first-order chi connectivity index (χ1) is 9.16. The first-order valence-electron chi connectivity index (χ1n) is 5.82. The number of halogens is 1. The molecule has 0 spiro atoms. The minimum Gasteiger partial charge on any atom is -0.267 e. The lowest BCUT2D eigenvalue weighted by Crippen LogP contribution is -2.19. The van der Waals surface area contributed by atoms with E-state index in [2.05, 4.69) is 33.1 Å². The maximum absolute atomic E-state index is 11.9. The smallest absolute Gasteiger partial charge is 0.267 e. The van der Waals surface area contributed by atoms with Gasteiger partial charge in [-0.3, -0.25) is 4.79 Å². The van der Waals surface area contributed by atoms with Crippen molar-refractivity contribution in [2.75, 3.05) is 0 Å². The van der Waals surface area contributed by atoms with Crippen molar-refractivity contribution in [3.8, 4) is 0 Å². The molecule has 4 heteroatoms. The molecule has 3 nitrogen and oxygen atoms in total. The summed E-state index contributed by atoms with van der Waals surface area (Å²) < 4.78 is 1.02. The van der Waals surface area contributed by atoms with E-state index in [4.69, 9.17) is 0 Å². The highest BCUT2D eigenvalue weighted by Gasteiger charge is 2.04. The number of benzene rings is 2. The lowest BCUT2D eigenvalue weighted by Gasteiger charge is -2.03. The maximum Gasteiger partial charge on any atom is 0.271 e. The molecule has 0 aliphatic heterocycles. The summed E-state index contributed by atoms with van der Waals surface area (Å²) in [5.41, 5.74) is 4.95. The Kier molecular flexibility index (Phi) is 4.68. The molecule has 2 aromatic carbocycles. The molecule has 1 amide bonds. The monoisotopic (exact) mass is 364 g/mol. The molecule has 0 saturated heterocycles. The third kappa shape index (κ3) is 3.89. The van der Waals surface area contributed by atoms with E-state index in [0.29, 0.717) is 5.56 Å². The number of hydrogen-bond donors (Lipinski definition) is 1. The van der Waals surface area contributed by atoms with Crippen molar-refractivity contribution in [2.45, 2.75) is 6.92 Å². The van der Waals surface area contributed by atoms with Gasteiger partial charge in [0.1, 0.15) is 0 Å². The van der Waals surface area contributed by atoms with E-state index in [9.17, 15) is 4.79 Å². The van der Waals surface area contributed by atoms with Gasteiger partial charge in [0.15, 0.2) is 0 Å². The van der Waals surface area contributed by atoms with Crippen LogP contribution in [0.5, 0.6) is 0 Å². The van der Waals surface area contributed by atoms with Crippen LogP contribution in [-0.4, -0.2) is 11.6 Å². The summed E-state index contributed by atoms with van der Waals surface area (Å²) in [6.45, 7) is 1.87. The SMILES string of the molecule is C/C(=N\NC(=O)c1cccc(I)c1)c1ccccc1. The lowest BCUT2D eigenvalue weighted by atomic mass is 10.1. The quantitative estimate of drug-likeness (QED) is 0.506. The summed E-state index contributed by atoms with van der Waals surface area (Å²) in [6.07, 6.45) is 0. The van der Waals surface area contributed by atoms with Crippen LogP contribution in [0.4, 0.5) is 0 Å². The van der Waals surface area contributed by atoms with Crippen LogP contribution < -0.4 is 5.43 Å². The Morgan fingerprint density at radius 2 is 1.74 bits per heavy atom. The Balaban J connectivity index is 2.08. The fourth-order valence-corrected chi connectivity index (χ4v) is 2.12. The topological polar surface area (TPSA) is 41.5 Å². The number of hydrazone groups is 1. The standard InChI is InChI=1S/C15H13IN2O/c1-11(12-6-3-2-4-7-12)17-18-15(19)13-8-5-9-14(16)10-13/h2-10H,1H3,(H,18,19)/b17-11+. The minimum absolute atomic E-state index is 0.200. The van der Waals surface area contributed by atoms with Gasteiger partial charge in [-0.2, -0.15) is 5.10 Å². The van der Waals surface area contributed by atoms with Crippen molar-refractivity contribution < 1.29 is 4.79 Å². The highest BCUT2D eigenvalue weighted by molar-refractivity contribution is 14.1. The van der Waals surface area contributed by atoms with E-state index in [1.807, 2.05) is 55.5 Å². The second-order valence-electron chi connectivity index (χ2n) is 4.01. The molecule has 0 heterocycles. The van der Waals surface area contributed by atoms with E-state index in [0.717, 1.165) is 14.8 Å². The van der Waals surface area contributed by atoms with Gasteiger partial charge in [0.25, 0.3) is 5.91 Å². The summed E-state index contributed by atoms with van der Waals surface area (Å²) in [6, 6.07) is 17.1. The molecule has 0 unspecified atom stereocenters. The molecule has 0 aliphatic carbocycles. The van der Waals surface area contributed by atoms with Crippen LogP contribution in [0.25, 0.3) is 0 Å². The van der Waals surface area contributed by atoms with Crippen molar-refractivity contribution in [1.29, 1.82) is 0 Å². The molecule has 19 heavy (non-hydrogen) atoms. The minimum atomic E-state index is -0.200. The lowest BCUT2D eigenvalue weighted by molar-refractivity contribution is 0.0955. The molecule has 0 aliphatic rings. The number of nitrogens with one attached hydrogen (secondary N) is 1. The Hall–Kier alpha value is -1.69. The number of nitrogens with zero attached hydrogens (tertiary/aromatic N) is 1. The van der Waals surface area contributed by atoms with Gasteiger partial charge in [0.2, 0.25) is 0 Å². The van der Waals surface area contributed by atoms with Gasteiger partial charge in [0, 0.05) is 9.13 Å². The summed E-state index contributed by atoms with van der Waals surface area (Å²) in [4.78, 5) is 11.9. The van der Waals surface area contributed by atoms with Gasteiger partial charge in [-0.15, -0.1) is 0 Å². The molecular weight excluding hydrogens is 351 g/mol. The summed E-state index contributed by atoms with van der Waals surface area (Å²) in [5.74, 6) is -0.200. The maximum atomic E-state index is 11.9. The van der Waals surface area contributed by atoms with Gasteiger partial charge in [-0.25, -0.2) is 5.43 Å². The Morgan fingerprint density at radius 3 is 2.42 bits per heavy atom. The molecular formula is C15H13IN2O. The highest BCUT2D eigenvalue weighted by atomic mass is 127. The van der Waals surface area contributed by atoms with Gasteiger partial charge < -0.3 is 0 Å². The molecule has 0 aromatic heterocycles. The highest BCUT2D eigenvalue weighted by Crippen LogP contribution is 2.07. The zero-order valence-electron chi connectivity index (χ0n) is 10.4. The average Bonchev–Trinajstić information content (AvgIpc) is 2.45. The molecule has 0 bridgehead atoms. The number of carbonyl (C=O) groups excluding carboxylic acids is 1. The van der Waals surface area contributed by atoms with E-state index < -0.39 is 0 Å². The fraction of sp³-hybridized carbons (Fsp3) is 0.0667. The first-order valence-corrected chi connectivity index (χ1v) is 6.90. The van der Waals surface area contributed by atoms with Crippen molar-refractivity contribution in [3.63, 3.8) is 0 Å². The third-order valence-corrected chi connectivity index (χ3v) is 3.27. The Morgan fingerprint density at radius 1 is 1.05 bits per heavy atom. The Bertz CT molecular complexity index is 609. The number of rotatable bonds is 3. The van der Waals surface area contributed by atoms with Crippen LogP contribution in [0.3, 0.4) is 0 Å². The van der Waals surface area contributed by atoms with Crippen molar-refractivity contribution in [1.82, 2.24) is 5.43 Å². The second kappa shape index (κ2) is 6.47. The van der Waals surface area contributed by atoms with Gasteiger partial charge in [0.05, 0.1) is 5.71 Å². The first kappa shape index (κ1) is 13.7. The number of hydrogen-bond acceptors (Lipinski definition) is 2. The zero-order chi connectivity index (χ0) is 13.7. The van der Waals surface area contributed by atoms with Crippen LogP contribution in [0, 0.1) is 3.57 Å². The summed E-state index contributed by atoms with van der Waals surface area (Å²) in [7, 11) is 0. The van der Waals surface area contributed by atoms with Crippen LogP contribution >= 0.6 is 22.6 Å². The Labute approximate surface area is 125 Å². The zero-order valence-corrected chi connectivity index (χ0v) is 12.6. The largest absolute Gasteiger partial charge is 0.271 e. The molecule has 0 saturated carbocycles. The van der Waals surface area contributed by atoms with Crippen molar-refractivity contribution in [3.05, 3.63) is 69.3 Å². The summed E-state index contributed by atoms with van der Waals surface area (Å²) in [5, 5.41) is 4.12. The molecule has 1 N–H and O–H groups in total. The molecule has 2 aromatic rings. The van der Waals surface area contributed by atoms with Crippen LogP contribution in [0.1, 0.15) is 22.8 Å².